The lowest BCUT2D eigenvalue weighted by atomic mass is 10.1. The highest BCUT2D eigenvalue weighted by Crippen LogP contribution is 2.30. The fourth-order valence-corrected chi connectivity index (χ4v) is 3.41. The first kappa shape index (κ1) is 15.6. The van der Waals surface area contributed by atoms with E-state index >= 15 is 0 Å². The van der Waals surface area contributed by atoms with Gasteiger partial charge in [0.25, 0.3) is 0 Å². The Morgan fingerprint density at radius 2 is 1.86 bits per heavy atom. The zero-order valence-electron chi connectivity index (χ0n) is 15.0. The molecular formula is C20H13N9. The predicted molar refractivity (Wildman–Crippen MR) is 108 cm³/mol. The average Bonchev–Trinajstić information content (AvgIpc) is 3.52. The highest BCUT2D eigenvalue weighted by Gasteiger charge is 2.16. The molecule has 6 heterocycles. The zero-order valence-corrected chi connectivity index (χ0v) is 15.0. The van der Waals surface area contributed by atoms with E-state index in [4.69, 9.17) is 0 Å². The Morgan fingerprint density at radius 3 is 2.72 bits per heavy atom. The molecule has 29 heavy (non-hydrogen) atoms. The molecule has 0 unspecified atom stereocenters. The smallest absolute Gasteiger partial charge is 0.181 e. The molecule has 0 radical (unpaired) electrons. The standard InChI is InChI=1S/C20H13N9/c1-2-5-21-15(3-1)13-4-6-22-19-16(13)26-20(27-19)17-14-7-11(12-9-24-25-10-12)8-23-18(14)29-28-17/h1-10H,(H,24,25)(H,22,26,27)(H,23,28,29). The van der Waals surface area contributed by atoms with Crippen molar-refractivity contribution in [3.05, 3.63) is 61.3 Å². The number of hydrogen-bond donors (Lipinski definition) is 3. The molecule has 0 aliphatic heterocycles. The summed E-state index contributed by atoms with van der Waals surface area (Å²) < 4.78 is 0. The summed E-state index contributed by atoms with van der Waals surface area (Å²) in [6, 6.07) is 9.75. The van der Waals surface area contributed by atoms with E-state index in [1.54, 1.807) is 24.8 Å². The lowest BCUT2D eigenvalue weighted by Gasteiger charge is -2.00. The third-order valence-electron chi connectivity index (χ3n) is 4.81. The number of fused-ring (bicyclic) bond motifs is 2. The van der Waals surface area contributed by atoms with Crippen molar-refractivity contribution in [2.24, 2.45) is 0 Å². The highest BCUT2D eigenvalue weighted by molar-refractivity contribution is 5.95. The Kier molecular flexibility index (Phi) is 3.27. The van der Waals surface area contributed by atoms with Crippen LogP contribution >= 0.6 is 0 Å². The van der Waals surface area contributed by atoms with E-state index in [1.807, 2.05) is 36.5 Å². The summed E-state index contributed by atoms with van der Waals surface area (Å²) in [6.07, 6.45) is 8.86. The minimum Gasteiger partial charge on any atom is -0.335 e. The van der Waals surface area contributed by atoms with E-state index in [0.717, 1.165) is 39.0 Å². The summed E-state index contributed by atoms with van der Waals surface area (Å²) in [7, 11) is 0. The fourth-order valence-electron chi connectivity index (χ4n) is 3.41. The van der Waals surface area contributed by atoms with Crippen molar-refractivity contribution < 1.29 is 0 Å². The number of imidazole rings is 1. The first-order chi connectivity index (χ1) is 14.4. The second-order valence-corrected chi connectivity index (χ2v) is 6.54. The van der Waals surface area contributed by atoms with Gasteiger partial charge in [-0.15, -0.1) is 0 Å². The first-order valence-electron chi connectivity index (χ1n) is 8.96. The van der Waals surface area contributed by atoms with Crippen molar-refractivity contribution in [1.29, 1.82) is 0 Å². The Labute approximate surface area is 163 Å². The monoisotopic (exact) mass is 379 g/mol. The van der Waals surface area contributed by atoms with Crippen LogP contribution in [-0.2, 0) is 0 Å². The SMILES string of the molecule is c1ccc(-c2ccnc3nc(-c4[nH]nc5ncc(-c6cn[nH]c6)cc45)[nH]c23)nc1. The van der Waals surface area contributed by atoms with Crippen molar-refractivity contribution >= 4 is 22.2 Å². The minimum atomic E-state index is 0.616. The number of aromatic nitrogens is 9. The van der Waals surface area contributed by atoms with E-state index in [2.05, 4.69) is 45.3 Å². The Hall–Kier alpha value is -4.40. The van der Waals surface area contributed by atoms with E-state index in [1.165, 1.54) is 0 Å². The van der Waals surface area contributed by atoms with Gasteiger partial charge in [-0.3, -0.25) is 15.2 Å². The van der Waals surface area contributed by atoms with Crippen molar-refractivity contribution in [1.82, 2.24) is 45.3 Å². The molecule has 0 spiro atoms. The molecular weight excluding hydrogens is 366 g/mol. The molecule has 0 bridgehead atoms. The van der Waals surface area contributed by atoms with Crippen LogP contribution in [0.25, 0.3) is 56.1 Å². The molecule has 6 aromatic heterocycles. The summed E-state index contributed by atoms with van der Waals surface area (Å²) in [6.45, 7) is 0. The maximum absolute atomic E-state index is 4.67. The molecule has 9 heteroatoms. The molecule has 3 N–H and O–H groups in total. The number of rotatable bonds is 3. The first-order valence-corrected chi connectivity index (χ1v) is 8.96. The summed E-state index contributed by atoms with van der Waals surface area (Å²) in [5, 5.41) is 15.1. The Balaban J connectivity index is 1.54. The average molecular weight is 379 g/mol. The molecule has 6 rings (SSSR count). The van der Waals surface area contributed by atoms with Crippen LogP contribution in [0.4, 0.5) is 0 Å². The topological polar surface area (TPSA) is 125 Å². The number of H-pyrrole nitrogens is 3. The summed E-state index contributed by atoms with van der Waals surface area (Å²) in [5.74, 6) is 0.643. The van der Waals surface area contributed by atoms with Crippen LogP contribution in [0.2, 0.25) is 0 Å². The van der Waals surface area contributed by atoms with Gasteiger partial charge < -0.3 is 4.98 Å². The molecule has 6 aromatic rings. The second-order valence-electron chi connectivity index (χ2n) is 6.54. The molecule has 138 valence electrons. The van der Waals surface area contributed by atoms with Crippen LogP contribution in [0, 0.1) is 0 Å². The van der Waals surface area contributed by atoms with Crippen LogP contribution in [-0.4, -0.2) is 45.3 Å². The van der Waals surface area contributed by atoms with Crippen LogP contribution in [0.5, 0.6) is 0 Å². The lowest BCUT2D eigenvalue weighted by Crippen LogP contribution is -1.85. The van der Waals surface area contributed by atoms with Crippen LogP contribution in [0.15, 0.2) is 61.3 Å². The number of hydrogen-bond acceptors (Lipinski definition) is 6. The molecule has 0 aromatic carbocycles. The zero-order chi connectivity index (χ0) is 19.2. The quantitative estimate of drug-likeness (QED) is 0.433. The van der Waals surface area contributed by atoms with Gasteiger partial charge in [0.15, 0.2) is 17.1 Å². The van der Waals surface area contributed by atoms with Crippen LogP contribution in [0.1, 0.15) is 0 Å². The number of nitrogens with zero attached hydrogens (tertiary/aromatic N) is 6. The minimum absolute atomic E-state index is 0.616. The Bertz CT molecular complexity index is 1450. The summed E-state index contributed by atoms with van der Waals surface area (Å²) in [5.41, 5.74) is 6.50. The second kappa shape index (κ2) is 6.06. The predicted octanol–water partition coefficient (Wildman–Crippen LogP) is 3.35. The maximum atomic E-state index is 4.67. The molecule has 0 aliphatic rings. The molecule has 0 saturated heterocycles. The number of nitrogens with one attached hydrogen (secondary N) is 3. The summed E-state index contributed by atoms with van der Waals surface area (Å²) >= 11 is 0. The van der Waals surface area contributed by atoms with E-state index < -0.39 is 0 Å². The number of pyridine rings is 3. The van der Waals surface area contributed by atoms with E-state index in [0.29, 0.717) is 17.1 Å². The van der Waals surface area contributed by atoms with Gasteiger partial charge in [-0.1, -0.05) is 6.07 Å². The molecule has 9 nitrogen and oxygen atoms in total. The van der Waals surface area contributed by atoms with E-state index in [9.17, 15) is 0 Å². The van der Waals surface area contributed by atoms with Crippen molar-refractivity contribution in [3.63, 3.8) is 0 Å². The Morgan fingerprint density at radius 1 is 0.862 bits per heavy atom. The van der Waals surface area contributed by atoms with Gasteiger partial charge in [-0.05, 0) is 24.3 Å². The van der Waals surface area contributed by atoms with Gasteiger partial charge in [-0.2, -0.15) is 10.2 Å². The van der Waals surface area contributed by atoms with Crippen molar-refractivity contribution in [2.75, 3.05) is 0 Å². The van der Waals surface area contributed by atoms with Crippen LogP contribution in [0.3, 0.4) is 0 Å². The van der Waals surface area contributed by atoms with Crippen molar-refractivity contribution in [2.45, 2.75) is 0 Å². The van der Waals surface area contributed by atoms with Crippen molar-refractivity contribution in [3.8, 4) is 33.9 Å². The summed E-state index contributed by atoms with van der Waals surface area (Å²) in [4.78, 5) is 21.4. The fraction of sp³-hybridized carbons (Fsp3) is 0. The molecule has 0 atom stereocenters. The largest absolute Gasteiger partial charge is 0.335 e. The molecule has 0 saturated carbocycles. The normalized spacial score (nSPS) is 11.4. The van der Waals surface area contributed by atoms with Gasteiger partial charge in [0.05, 0.1) is 22.8 Å². The number of aromatic amines is 3. The molecule has 0 fully saturated rings. The molecule has 0 amide bonds. The van der Waals surface area contributed by atoms with Gasteiger partial charge in [0, 0.05) is 41.5 Å². The molecule has 0 aliphatic carbocycles. The van der Waals surface area contributed by atoms with Gasteiger partial charge in [0.2, 0.25) is 0 Å². The van der Waals surface area contributed by atoms with Gasteiger partial charge in [-0.25, -0.2) is 15.0 Å². The highest BCUT2D eigenvalue weighted by atomic mass is 15.2. The van der Waals surface area contributed by atoms with Gasteiger partial charge in [0.1, 0.15) is 5.69 Å². The third kappa shape index (κ3) is 2.48. The third-order valence-corrected chi connectivity index (χ3v) is 4.81. The van der Waals surface area contributed by atoms with Gasteiger partial charge >= 0.3 is 0 Å². The van der Waals surface area contributed by atoms with Crippen LogP contribution < -0.4 is 0 Å². The van der Waals surface area contributed by atoms with E-state index in [-0.39, 0.29) is 0 Å². The lowest BCUT2D eigenvalue weighted by molar-refractivity contribution is 1.09. The maximum Gasteiger partial charge on any atom is 0.181 e.